The lowest BCUT2D eigenvalue weighted by Gasteiger charge is -2.04. The van der Waals surface area contributed by atoms with Crippen LogP contribution in [0.25, 0.3) is 10.6 Å². The lowest BCUT2D eigenvalue weighted by molar-refractivity contribution is 0.0703. The normalized spacial score (nSPS) is 10.4. The van der Waals surface area contributed by atoms with Crippen LogP contribution in [0.4, 0.5) is 5.82 Å². The number of hydrogen-bond donors (Lipinski definition) is 2. The summed E-state index contributed by atoms with van der Waals surface area (Å²) in [7, 11) is 0. The van der Waals surface area contributed by atoms with Crippen molar-refractivity contribution in [2.24, 2.45) is 0 Å². The van der Waals surface area contributed by atoms with E-state index in [2.05, 4.69) is 10.3 Å². The summed E-state index contributed by atoms with van der Waals surface area (Å²) >= 11 is 1.04. The van der Waals surface area contributed by atoms with Gasteiger partial charge in [-0.05, 0) is 19.1 Å². The SMILES string of the molecule is Cc1cccc(C(=O)Nc2nc(-c3ccccc3)sc2C(=O)O)c1. The van der Waals surface area contributed by atoms with Crippen LogP contribution in [-0.2, 0) is 0 Å². The Hall–Kier alpha value is -2.99. The quantitative estimate of drug-likeness (QED) is 0.751. The van der Waals surface area contributed by atoms with Crippen LogP contribution in [0.5, 0.6) is 0 Å². The van der Waals surface area contributed by atoms with Crippen molar-refractivity contribution in [2.75, 3.05) is 5.32 Å². The van der Waals surface area contributed by atoms with E-state index in [4.69, 9.17) is 0 Å². The molecule has 3 rings (SSSR count). The Kier molecular flexibility index (Phi) is 4.39. The maximum absolute atomic E-state index is 12.3. The number of rotatable bonds is 4. The largest absolute Gasteiger partial charge is 0.477 e. The van der Waals surface area contributed by atoms with Crippen LogP contribution in [0.1, 0.15) is 25.6 Å². The van der Waals surface area contributed by atoms with Crippen LogP contribution in [0.15, 0.2) is 54.6 Å². The fourth-order valence-corrected chi connectivity index (χ4v) is 3.08. The number of carbonyl (C=O) groups excluding carboxylic acids is 1. The van der Waals surface area contributed by atoms with Crippen molar-refractivity contribution in [3.8, 4) is 10.6 Å². The van der Waals surface area contributed by atoms with Gasteiger partial charge in [0.25, 0.3) is 5.91 Å². The minimum atomic E-state index is -1.12. The van der Waals surface area contributed by atoms with Gasteiger partial charge in [-0.2, -0.15) is 0 Å². The monoisotopic (exact) mass is 338 g/mol. The first-order valence-electron chi connectivity index (χ1n) is 7.22. The van der Waals surface area contributed by atoms with Crippen molar-refractivity contribution in [1.29, 1.82) is 0 Å². The summed E-state index contributed by atoms with van der Waals surface area (Å²) in [5.41, 5.74) is 2.21. The first kappa shape index (κ1) is 15.9. The Labute approximate surface area is 142 Å². The van der Waals surface area contributed by atoms with E-state index in [-0.39, 0.29) is 16.6 Å². The first-order chi connectivity index (χ1) is 11.5. The zero-order chi connectivity index (χ0) is 17.1. The van der Waals surface area contributed by atoms with E-state index in [0.29, 0.717) is 10.6 Å². The van der Waals surface area contributed by atoms with Crippen molar-refractivity contribution >= 4 is 29.0 Å². The fraction of sp³-hybridized carbons (Fsp3) is 0.0556. The highest BCUT2D eigenvalue weighted by Gasteiger charge is 2.20. The molecule has 2 N–H and O–H groups in total. The van der Waals surface area contributed by atoms with Crippen LogP contribution in [0.2, 0.25) is 0 Å². The van der Waals surface area contributed by atoms with Crippen LogP contribution < -0.4 is 5.32 Å². The van der Waals surface area contributed by atoms with Gasteiger partial charge in [-0.15, -0.1) is 11.3 Å². The van der Waals surface area contributed by atoms with Crippen LogP contribution in [-0.4, -0.2) is 22.0 Å². The highest BCUT2D eigenvalue weighted by atomic mass is 32.1. The predicted molar refractivity (Wildman–Crippen MR) is 93.6 cm³/mol. The van der Waals surface area contributed by atoms with E-state index in [0.717, 1.165) is 22.5 Å². The zero-order valence-corrected chi connectivity index (χ0v) is 13.6. The molecule has 0 aliphatic heterocycles. The zero-order valence-electron chi connectivity index (χ0n) is 12.8. The highest BCUT2D eigenvalue weighted by molar-refractivity contribution is 7.17. The molecule has 0 saturated heterocycles. The molecule has 2 aromatic carbocycles. The third-order valence-electron chi connectivity index (χ3n) is 3.35. The second-order valence-electron chi connectivity index (χ2n) is 5.19. The van der Waals surface area contributed by atoms with Crippen molar-refractivity contribution in [2.45, 2.75) is 6.92 Å². The minimum Gasteiger partial charge on any atom is -0.477 e. The molecule has 0 fully saturated rings. The van der Waals surface area contributed by atoms with E-state index >= 15 is 0 Å². The Bertz CT molecular complexity index is 904. The molecule has 24 heavy (non-hydrogen) atoms. The van der Waals surface area contributed by atoms with Gasteiger partial charge in [0.1, 0.15) is 5.01 Å². The molecule has 5 nitrogen and oxygen atoms in total. The maximum atomic E-state index is 12.3. The summed E-state index contributed by atoms with van der Waals surface area (Å²) < 4.78 is 0. The summed E-state index contributed by atoms with van der Waals surface area (Å²) in [6.07, 6.45) is 0. The molecule has 1 heterocycles. The van der Waals surface area contributed by atoms with Crippen LogP contribution in [0.3, 0.4) is 0 Å². The Morgan fingerprint density at radius 2 is 1.83 bits per heavy atom. The molecule has 0 radical (unpaired) electrons. The Morgan fingerprint density at radius 1 is 1.08 bits per heavy atom. The van der Waals surface area contributed by atoms with E-state index in [1.807, 2.05) is 43.3 Å². The van der Waals surface area contributed by atoms with Gasteiger partial charge in [-0.3, -0.25) is 4.79 Å². The van der Waals surface area contributed by atoms with E-state index in [9.17, 15) is 14.7 Å². The van der Waals surface area contributed by atoms with E-state index in [1.165, 1.54) is 0 Å². The number of benzene rings is 2. The molecule has 0 unspecified atom stereocenters. The van der Waals surface area contributed by atoms with Crippen molar-refractivity contribution < 1.29 is 14.7 Å². The van der Waals surface area contributed by atoms with Crippen molar-refractivity contribution in [3.63, 3.8) is 0 Å². The Morgan fingerprint density at radius 3 is 2.50 bits per heavy atom. The predicted octanol–water partition coefficient (Wildman–Crippen LogP) is 4.07. The molecule has 0 saturated carbocycles. The van der Waals surface area contributed by atoms with Gasteiger partial charge in [0, 0.05) is 11.1 Å². The summed E-state index contributed by atoms with van der Waals surface area (Å²) in [5, 5.41) is 12.5. The van der Waals surface area contributed by atoms with Crippen LogP contribution in [0, 0.1) is 6.92 Å². The van der Waals surface area contributed by atoms with Gasteiger partial charge in [0.2, 0.25) is 0 Å². The number of thiazole rings is 1. The minimum absolute atomic E-state index is 0.00913. The van der Waals surface area contributed by atoms with Gasteiger partial charge in [-0.25, -0.2) is 9.78 Å². The van der Waals surface area contributed by atoms with Crippen molar-refractivity contribution in [1.82, 2.24) is 4.98 Å². The van der Waals surface area contributed by atoms with Gasteiger partial charge in [0.05, 0.1) is 0 Å². The van der Waals surface area contributed by atoms with Gasteiger partial charge >= 0.3 is 5.97 Å². The third kappa shape index (κ3) is 3.33. The number of nitrogens with zero attached hydrogens (tertiary/aromatic N) is 1. The second-order valence-corrected chi connectivity index (χ2v) is 6.19. The smallest absolute Gasteiger partial charge is 0.349 e. The average molecular weight is 338 g/mol. The van der Waals surface area contributed by atoms with Gasteiger partial charge in [-0.1, -0.05) is 48.0 Å². The maximum Gasteiger partial charge on any atom is 0.349 e. The van der Waals surface area contributed by atoms with Crippen LogP contribution >= 0.6 is 11.3 Å². The number of aryl methyl sites for hydroxylation is 1. The molecule has 0 atom stereocenters. The topological polar surface area (TPSA) is 79.3 Å². The first-order valence-corrected chi connectivity index (χ1v) is 8.04. The lowest BCUT2D eigenvalue weighted by atomic mass is 10.1. The molecule has 6 heteroatoms. The van der Waals surface area contributed by atoms with E-state index in [1.54, 1.807) is 18.2 Å². The molecule has 0 aliphatic carbocycles. The summed E-state index contributed by atoms with van der Waals surface area (Å²) in [6, 6.07) is 16.3. The second kappa shape index (κ2) is 6.64. The highest BCUT2D eigenvalue weighted by Crippen LogP contribution is 2.31. The molecular formula is C18H14N2O3S. The fourth-order valence-electron chi connectivity index (χ4n) is 2.22. The summed E-state index contributed by atoms with van der Waals surface area (Å²) in [6.45, 7) is 1.88. The number of nitrogens with one attached hydrogen (secondary N) is 1. The molecule has 1 amide bonds. The molecule has 0 bridgehead atoms. The summed E-state index contributed by atoms with van der Waals surface area (Å²) in [5.74, 6) is -1.43. The number of aromatic nitrogens is 1. The molecule has 1 aromatic heterocycles. The molecular weight excluding hydrogens is 324 g/mol. The van der Waals surface area contributed by atoms with Gasteiger partial charge < -0.3 is 10.4 Å². The number of carbonyl (C=O) groups is 2. The standard InChI is InChI=1S/C18H14N2O3S/c1-11-6-5-9-13(10-11)16(21)19-15-14(18(22)23)24-17(20-15)12-7-3-2-4-8-12/h2-10H,1H3,(H,19,21)(H,22,23). The van der Waals surface area contributed by atoms with Crippen molar-refractivity contribution in [3.05, 3.63) is 70.6 Å². The van der Waals surface area contributed by atoms with E-state index < -0.39 is 5.97 Å². The molecule has 0 aliphatic rings. The lowest BCUT2D eigenvalue weighted by Crippen LogP contribution is -2.14. The molecule has 120 valence electrons. The third-order valence-corrected chi connectivity index (χ3v) is 4.45. The number of hydrogen-bond acceptors (Lipinski definition) is 4. The van der Waals surface area contributed by atoms with Gasteiger partial charge in [0.15, 0.2) is 10.7 Å². The number of carboxylic acid groups (broad SMARTS) is 1. The number of amides is 1. The molecule has 0 spiro atoms. The Balaban J connectivity index is 1.94. The molecule has 3 aromatic rings. The average Bonchev–Trinajstić information content (AvgIpc) is 3.00. The number of carboxylic acids is 1. The summed E-state index contributed by atoms with van der Waals surface area (Å²) in [4.78, 5) is 28.1. The number of anilines is 1. The number of aromatic carboxylic acids is 1.